The third kappa shape index (κ3) is 5.92. The lowest BCUT2D eigenvalue weighted by atomic mass is 9.94. The van der Waals surface area contributed by atoms with E-state index in [9.17, 15) is 9.18 Å². The third-order valence-electron chi connectivity index (χ3n) is 7.68. The van der Waals surface area contributed by atoms with Gasteiger partial charge in [0, 0.05) is 33.7 Å². The standard InChI is InChI=1S/C33H31ClFN3O2S/c1-22-19-25(15-16-27(22)34)40-18-17-37-21-23(26-11-5-8-14-30(26)37)20-31-32(39)38(24-9-3-2-4-10-24)33(41-31)36-29-13-7-6-12-28(29)35/h5-8,11-16,19-21,24H,2-4,9-10,17-18H2,1H3/b31-20+,36-33?. The van der Waals surface area contributed by atoms with Crippen LogP contribution in [0.25, 0.3) is 17.0 Å². The van der Waals surface area contributed by atoms with E-state index in [1.807, 2.05) is 48.2 Å². The summed E-state index contributed by atoms with van der Waals surface area (Å²) in [6, 6.07) is 20.4. The zero-order chi connectivity index (χ0) is 28.3. The predicted octanol–water partition coefficient (Wildman–Crippen LogP) is 8.76. The van der Waals surface area contributed by atoms with Crippen LogP contribution in [0.4, 0.5) is 10.1 Å². The fraction of sp³-hybridized carbons (Fsp3) is 0.273. The summed E-state index contributed by atoms with van der Waals surface area (Å²) >= 11 is 7.48. The molecule has 6 rings (SSSR count). The van der Waals surface area contributed by atoms with E-state index in [2.05, 4.69) is 27.9 Å². The molecule has 41 heavy (non-hydrogen) atoms. The van der Waals surface area contributed by atoms with Crippen LogP contribution in [0.3, 0.4) is 0 Å². The van der Waals surface area contributed by atoms with E-state index in [-0.39, 0.29) is 17.6 Å². The quantitative estimate of drug-likeness (QED) is 0.203. The van der Waals surface area contributed by atoms with Crippen LogP contribution >= 0.6 is 23.4 Å². The number of benzene rings is 3. The smallest absolute Gasteiger partial charge is 0.267 e. The van der Waals surface area contributed by atoms with Crippen LogP contribution < -0.4 is 4.74 Å². The molecular formula is C33H31ClFN3O2S. The van der Waals surface area contributed by atoms with Gasteiger partial charge in [-0.15, -0.1) is 0 Å². The Balaban J connectivity index is 1.30. The van der Waals surface area contributed by atoms with E-state index in [1.165, 1.54) is 24.2 Å². The zero-order valence-electron chi connectivity index (χ0n) is 22.9. The number of hydrogen-bond acceptors (Lipinski definition) is 4. The van der Waals surface area contributed by atoms with Crippen molar-refractivity contribution in [1.29, 1.82) is 0 Å². The number of ether oxygens (including phenoxy) is 1. The number of aromatic nitrogens is 1. The van der Waals surface area contributed by atoms with Crippen molar-refractivity contribution in [1.82, 2.24) is 9.47 Å². The van der Waals surface area contributed by atoms with Crippen molar-refractivity contribution >= 4 is 57.1 Å². The molecule has 1 saturated carbocycles. The minimum Gasteiger partial charge on any atom is -0.492 e. The first-order chi connectivity index (χ1) is 20.0. The molecule has 1 amide bonds. The van der Waals surface area contributed by atoms with Gasteiger partial charge < -0.3 is 9.30 Å². The summed E-state index contributed by atoms with van der Waals surface area (Å²) in [5, 5.41) is 2.32. The Labute approximate surface area is 248 Å². The van der Waals surface area contributed by atoms with Gasteiger partial charge in [0.25, 0.3) is 5.91 Å². The van der Waals surface area contributed by atoms with Crippen LogP contribution in [0.1, 0.15) is 43.2 Å². The van der Waals surface area contributed by atoms with Crippen molar-refractivity contribution in [3.8, 4) is 5.75 Å². The third-order valence-corrected chi connectivity index (χ3v) is 9.09. The minimum absolute atomic E-state index is 0.0599. The van der Waals surface area contributed by atoms with Crippen molar-refractivity contribution in [3.63, 3.8) is 0 Å². The van der Waals surface area contributed by atoms with Gasteiger partial charge in [-0.3, -0.25) is 9.69 Å². The Morgan fingerprint density at radius 3 is 2.66 bits per heavy atom. The Bertz CT molecular complexity index is 1660. The molecule has 1 aromatic heterocycles. The largest absolute Gasteiger partial charge is 0.492 e. The summed E-state index contributed by atoms with van der Waals surface area (Å²) in [5.74, 6) is 0.325. The average Bonchev–Trinajstić information content (AvgIpc) is 3.49. The SMILES string of the molecule is Cc1cc(OCCn2cc(/C=C3/SC(=Nc4ccccc4F)N(C4CCCCC4)C3=O)c3ccccc32)ccc1Cl. The molecule has 4 aromatic rings. The number of thioether (sulfide) groups is 1. The number of aryl methyl sites for hydroxylation is 1. The van der Waals surface area contributed by atoms with E-state index in [0.717, 1.165) is 58.5 Å². The fourth-order valence-electron chi connectivity index (χ4n) is 5.56. The van der Waals surface area contributed by atoms with Gasteiger partial charge in [0.15, 0.2) is 5.17 Å². The second-order valence-corrected chi connectivity index (χ2v) is 11.9. The lowest BCUT2D eigenvalue weighted by Gasteiger charge is -2.30. The first-order valence-electron chi connectivity index (χ1n) is 14.0. The average molecular weight is 588 g/mol. The van der Waals surface area contributed by atoms with Crippen LogP contribution in [-0.2, 0) is 11.3 Å². The summed E-state index contributed by atoms with van der Waals surface area (Å²) in [6.45, 7) is 3.08. The molecule has 1 aliphatic carbocycles. The number of nitrogens with zero attached hydrogens (tertiary/aromatic N) is 3. The van der Waals surface area contributed by atoms with Gasteiger partial charge in [-0.25, -0.2) is 9.38 Å². The van der Waals surface area contributed by atoms with Gasteiger partial charge in [-0.1, -0.05) is 61.2 Å². The lowest BCUT2D eigenvalue weighted by molar-refractivity contribution is -0.124. The normalized spacial score (nSPS) is 18.2. The Kier molecular flexibility index (Phi) is 8.17. The number of amidine groups is 1. The van der Waals surface area contributed by atoms with Gasteiger partial charge in [0.2, 0.25) is 0 Å². The highest BCUT2D eigenvalue weighted by atomic mass is 35.5. The molecule has 8 heteroatoms. The maximum Gasteiger partial charge on any atom is 0.267 e. The molecule has 0 atom stereocenters. The number of hydrogen-bond donors (Lipinski definition) is 0. The molecule has 2 fully saturated rings. The number of para-hydroxylation sites is 2. The molecule has 2 aliphatic rings. The van der Waals surface area contributed by atoms with Gasteiger partial charge in [-0.2, -0.15) is 0 Å². The summed E-state index contributed by atoms with van der Waals surface area (Å²) < 4.78 is 22.7. The second kappa shape index (κ2) is 12.1. The number of rotatable bonds is 7. The molecule has 210 valence electrons. The van der Waals surface area contributed by atoms with Gasteiger partial charge in [-0.05, 0) is 79.6 Å². The summed E-state index contributed by atoms with van der Waals surface area (Å²) in [6.07, 6.45) is 9.22. The molecule has 0 radical (unpaired) electrons. The lowest BCUT2D eigenvalue weighted by Crippen LogP contribution is -2.40. The van der Waals surface area contributed by atoms with Crippen LogP contribution in [0.2, 0.25) is 5.02 Å². The number of carbonyl (C=O) groups is 1. The van der Waals surface area contributed by atoms with Crippen LogP contribution in [-0.4, -0.2) is 33.2 Å². The number of fused-ring (bicyclic) bond motifs is 1. The van der Waals surface area contributed by atoms with Crippen LogP contribution in [0.5, 0.6) is 5.75 Å². The second-order valence-electron chi connectivity index (χ2n) is 10.5. The summed E-state index contributed by atoms with van der Waals surface area (Å²) in [4.78, 5) is 20.9. The highest BCUT2D eigenvalue weighted by Crippen LogP contribution is 2.39. The number of carbonyl (C=O) groups excluding carboxylic acids is 1. The Morgan fingerprint density at radius 1 is 1.07 bits per heavy atom. The molecule has 0 N–H and O–H groups in total. The molecule has 2 heterocycles. The highest BCUT2D eigenvalue weighted by molar-refractivity contribution is 8.18. The highest BCUT2D eigenvalue weighted by Gasteiger charge is 2.39. The van der Waals surface area contributed by atoms with Crippen molar-refractivity contribution in [2.45, 2.75) is 51.6 Å². The van der Waals surface area contributed by atoms with Crippen molar-refractivity contribution < 1.29 is 13.9 Å². The topological polar surface area (TPSA) is 46.8 Å². The van der Waals surface area contributed by atoms with Crippen molar-refractivity contribution in [2.75, 3.05) is 6.61 Å². The Hall–Kier alpha value is -3.55. The first-order valence-corrected chi connectivity index (χ1v) is 15.2. The molecule has 5 nitrogen and oxygen atoms in total. The number of aliphatic imine (C=N–C) groups is 1. The molecule has 0 bridgehead atoms. The monoisotopic (exact) mass is 587 g/mol. The fourth-order valence-corrected chi connectivity index (χ4v) is 6.72. The molecule has 1 aliphatic heterocycles. The number of halogens is 2. The van der Waals surface area contributed by atoms with Gasteiger partial charge in [0.1, 0.15) is 23.9 Å². The van der Waals surface area contributed by atoms with E-state index >= 15 is 0 Å². The summed E-state index contributed by atoms with van der Waals surface area (Å²) in [7, 11) is 0. The zero-order valence-corrected chi connectivity index (χ0v) is 24.4. The Morgan fingerprint density at radius 2 is 1.85 bits per heavy atom. The van der Waals surface area contributed by atoms with E-state index in [1.54, 1.807) is 18.2 Å². The predicted molar refractivity (Wildman–Crippen MR) is 166 cm³/mol. The number of amides is 1. The minimum atomic E-state index is -0.395. The van der Waals surface area contributed by atoms with E-state index in [4.69, 9.17) is 16.3 Å². The van der Waals surface area contributed by atoms with Crippen LogP contribution in [0.15, 0.2) is 82.8 Å². The van der Waals surface area contributed by atoms with Crippen molar-refractivity contribution in [3.05, 3.63) is 99.8 Å². The van der Waals surface area contributed by atoms with E-state index < -0.39 is 5.82 Å². The molecule has 3 aromatic carbocycles. The maximum atomic E-state index is 14.5. The van der Waals surface area contributed by atoms with Gasteiger partial charge >= 0.3 is 0 Å². The van der Waals surface area contributed by atoms with Crippen LogP contribution in [0, 0.1) is 12.7 Å². The molecule has 0 spiro atoms. The molecular weight excluding hydrogens is 557 g/mol. The first kappa shape index (κ1) is 27.6. The van der Waals surface area contributed by atoms with Gasteiger partial charge in [0.05, 0.1) is 11.4 Å². The summed E-state index contributed by atoms with van der Waals surface area (Å²) in [5.41, 5.74) is 3.24. The van der Waals surface area contributed by atoms with E-state index in [0.29, 0.717) is 23.2 Å². The van der Waals surface area contributed by atoms with Crippen molar-refractivity contribution in [2.24, 2.45) is 4.99 Å². The molecule has 0 unspecified atom stereocenters. The maximum absolute atomic E-state index is 14.5. The molecule has 1 saturated heterocycles.